The molecule has 0 radical (unpaired) electrons. The minimum Gasteiger partial charge on any atom is -0.355 e. The summed E-state index contributed by atoms with van der Waals surface area (Å²) in [6.45, 7) is 2.30. The Bertz CT molecular complexity index is 654. The van der Waals surface area contributed by atoms with Crippen LogP contribution >= 0.6 is 0 Å². The molecule has 7 heteroatoms. The lowest BCUT2D eigenvalue weighted by atomic mass is 9.96. The highest BCUT2D eigenvalue weighted by Crippen LogP contribution is 2.17. The fourth-order valence-electron chi connectivity index (χ4n) is 3.22. The highest BCUT2D eigenvalue weighted by Gasteiger charge is 2.22. The minimum atomic E-state index is -0.458. The molecule has 0 heterocycles. The molecule has 0 aliphatic heterocycles. The first kappa shape index (κ1) is 20.9. The molecule has 1 saturated carbocycles. The topological polar surface area (TPSA) is 90.5 Å². The zero-order chi connectivity index (χ0) is 19.8. The van der Waals surface area contributed by atoms with E-state index in [1.807, 2.05) is 24.1 Å². The first-order chi connectivity index (χ1) is 12.9. The number of amides is 4. The number of carbonyl (C=O) groups excluding carboxylic acids is 3. The SMILES string of the molecule is CNC(=O)c1ccc(CN(C)[C@@H](C)C(=O)NC(=O)NC2CCCCC2)cc1. The van der Waals surface area contributed by atoms with Gasteiger partial charge in [0.15, 0.2) is 0 Å². The van der Waals surface area contributed by atoms with Crippen molar-refractivity contribution in [1.29, 1.82) is 0 Å². The summed E-state index contributed by atoms with van der Waals surface area (Å²) in [5.41, 5.74) is 1.57. The van der Waals surface area contributed by atoms with E-state index in [1.165, 1.54) is 6.42 Å². The van der Waals surface area contributed by atoms with E-state index in [1.54, 1.807) is 26.1 Å². The smallest absolute Gasteiger partial charge is 0.321 e. The lowest BCUT2D eigenvalue weighted by Crippen LogP contribution is -2.50. The van der Waals surface area contributed by atoms with Crippen LogP contribution in [-0.2, 0) is 11.3 Å². The third-order valence-electron chi connectivity index (χ3n) is 5.09. The van der Waals surface area contributed by atoms with Gasteiger partial charge in [0.25, 0.3) is 5.91 Å². The number of rotatable bonds is 6. The molecule has 1 aromatic rings. The Labute approximate surface area is 160 Å². The van der Waals surface area contributed by atoms with Gasteiger partial charge < -0.3 is 10.6 Å². The van der Waals surface area contributed by atoms with Crippen LogP contribution in [0, 0.1) is 0 Å². The van der Waals surface area contributed by atoms with Gasteiger partial charge in [-0.25, -0.2) is 4.79 Å². The molecule has 0 unspecified atom stereocenters. The van der Waals surface area contributed by atoms with Gasteiger partial charge in [-0.05, 0) is 44.5 Å². The molecule has 1 aromatic carbocycles. The summed E-state index contributed by atoms with van der Waals surface area (Å²) < 4.78 is 0. The maximum absolute atomic E-state index is 12.3. The highest BCUT2D eigenvalue weighted by atomic mass is 16.2. The second-order valence-corrected chi connectivity index (χ2v) is 7.16. The molecule has 0 aromatic heterocycles. The van der Waals surface area contributed by atoms with Crippen molar-refractivity contribution in [2.45, 2.75) is 57.7 Å². The Morgan fingerprint density at radius 1 is 1.11 bits per heavy atom. The van der Waals surface area contributed by atoms with Crippen molar-refractivity contribution in [1.82, 2.24) is 20.9 Å². The third kappa shape index (κ3) is 6.36. The van der Waals surface area contributed by atoms with Crippen molar-refractivity contribution in [2.75, 3.05) is 14.1 Å². The Balaban J connectivity index is 1.82. The standard InChI is InChI=1S/C20H30N4O3/c1-14(18(25)23-20(27)22-17-7-5-4-6-8-17)24(3)13-15-9-11-16(12-10-15)19(26)21-2/h9-12,14,17H,4-8,13H2,1-3H3,(H,21,26)(H2,22,23,25,27)/t14-/m0/s1. The quantitative estimate of drug-likeness (QED) is 0.711. The molecule has 1 atom stereocenters. The summed E-state index contributed by atoms with van der Waals surface area (Å²) in [5.74, 6) is -0.459. The van der Waals surface area contributed by atoms with Crippen LogP contribution in [0.4, 0.5) is 4.79 Å². The van der Waals surface area contributed by atoms with Gasteiger partial charge in [-0.15, -0.1) is 0 Å². The molecule has 3 N–H and O–H groups in total. The van der Waals surface area contributed by atoms with Gasteiger partial charge in [-0.1, -0.05) is 31.4 Å². The van der Waals surface area contributed by atoms with Crippen LogP contribution in [0.3, 0.4) is 0 Å². The van der Waals surface area contributed by atoms with Crippen LogP contribution in [-0.4, -0.2) is 48.9 Å². The van der Waals surface area contributed by atoms with Crippen molar-refractivity contribution in [3.8, 4) is 0 Å². The Kier molecular flexibility index (Phi) is 7.79. The number of carbonyl (C=O) groups is 3. The number of hydrogen-bond acceptors (Lipinski definition) is 4. The molecule has 2 rings (SSSR count). The average Bonchev–Trinajstić information content (AvgIpc) is 2.67. The molecular formula is C20H30N4O3. The van der Waals surface area contributed by atoms with Gasteiger partial charge >= 0.3 is 6.03 Å². The summed E-state index contributed by atoms with van der Waals surface area (Å²) >= 11 is 0. The highest BCUT2D eigenvalue weighted by molar-refractivity contribution is 5.97. The fourth-order valence-corrected chi connectivity index (χ4v) is 3.22. The molecule has 0 spiro atoms. The van der Waals surface area contributed by atoms with Gasteiger partial charge in [-0.3, -0.25) is 19.8 Å². The molecule has 1 aliphatic rings. The number of nitrogens with zero attached hydrogens (tertiary/aromatic N) is 1. The average molecular weight is 374 g/mol. The van der Waals surface area contributed by atoms with Crippen molar-refractivity contribution in [3.05, 3.63) is 35.4 Å². The van der Waals surface area contributed by atoms with E-state index in [2.05, 4.69) is 16.0 Å². The third-order valence-corrected chi connectivity index (χ3v) is 5.09. The second-order valence-electron chi connectivity index (χ2n) is 7.16. The van der Waals surface area contributed by atoms with Crippen molar-refractivity contribution in [2.24, 2.45) is 0 Å². The van der Waals surface area contributed by atoms with Crippen LogP contribution in [0.15, 0.2) is 24.3 Å². The van der Waals surface area contributed by atoms with Crippen LogP contribution in [0.5, 0.6) is 0 Å². The van der Waals surface area contributed by atoms with Gasteiger partial charge in [0.2, 0.25) is 5.91 Å². The number of benzene rings is 1. The second kappa shape index (κ2) is 10.1. The fraction of sp³-hybridized carbons (Fsp3) is 0.550. The van der Waals surface area contributed by atoms with E-state index in [0.29, 0.717) is 12.1 Å². The van der Waals surface area contributed by atoms with Crippen LogP contribution < -0.4 is 16.0 Å². The van der Waals surface area contributed by atoms with E-state index < -0.39 is 12.1 Å². The maximum Gasteiger partial charge on any atom is 0.321 e. The first-order valence-corrected chi connectivity index (χ1v) is 9.53. The molecule has 0 bridgehead atoms. The van der Waals surface area contributed by atoms with Crippen molar-refractivity contribution >= 4 is 17.8 Å². The maximum atomic E-state index is 12.3. The van der Waals surface area contributed by atoms with Gasteiger partial charge in [0.1, 0.15) is 0 Å². The number of urea groups is 1. The zero-order valence-electron chi connectivity index (χ0n) is 16.4. The number of imide groups is 1. The van der Waals surface area contributed by atoms with Crippen molar-refractivity contribution < 1.29 is 14.4 Å². The molecule has 1 aliphatic carbocycles. The normalized spacial score (nSPS) is 15.9. The van der Waals surface area contributed by atoms with E-state index in [-0.39, 0.29) is 17.9 Å². The predicted octanol–water partition coefficient (Wildman–Crippen LogP) is 2.02. The van der Waals surface area contributed by atoms with Gasteiger partial charge in [-0.2, -0.15) is 0 Å². The Morgan fingerprint density at radius 3 is 2.33 bits per heavy atom. The van der Waals surface area contributed by atoms with E-state index >= 15 is 0 Å². The van der Waals surface area contributed by atoms with Gasteiger partial charge in [0, 0.05) is 25.2 Å². The molecule has 1 fully saturated rings. The zero-order valence-corrected chi connectivity index (χ0v) is 16.4. The summed E-state index contributed by atoms with van der Waals surface area (Å²) in [5, 5.41) is 7.91. The molecule has 7 nitrogen and oxygen atoms in total. The van der Waals surface area contributed by atoms with Crippen LogP contribution in [0.1, 0.15) is 54.9 Å². The first-order valence-electron chi connectivity index (χ1n) is 9.53. The predicted molar refractivity (Wildman–Crippen MR) is 104 cm³/mol. The molecule has 4 amide bonds. The summed E-state index contributed by atoms with van der Waals surface area (Å²) in [6.07, 6.45) is 5.41. The molecule has 148 valence electrons. The summed E-state index contributed by atoms with van der Waals surface area (Å²) in [4.78, 5) is 37.8. The number of likely N-dealkylation sites (N-methyl/N-ethyl adjacent to an activating group) is 1. The lowest BCUT2D eigenvalue weighted by molar-refractivity contribution is -0.124. The van der Waals surface area contributed by atoms with E-state index in [9.17, 15) is 14.4 Å². The van der Waals surface area contributed by atoms with E-state index in [4.69, 9.17) is 0 Å². The molecule has 0 saturated heterocycles. The Morgan fingerprint density at radius 2 is 1.74 bits per heavy atom. The minimum absolute atomic E-state index is 0.133. The van der Waals surface area contributed by atoms with Crippen LogP contribution in [0.2, 0.25) is 0 Å². The Hall–Kier alpha value is -2.41. The molecule has 27 heavy (non-hydrogen) atoms. The van der Waals surface area contributed by atoms with Gasteiger partial charge in [0.05, 0.1) is 6.04 Å². The summed E-state index contributed by atoms with van der Waals surface area (Å²) in [6, 6.07) is 6.53. The number of hydrogen-bond donors (Lipinski definition) is 3. The monoisotopic (exact) mass is 374 g/mol. The summed E-state index contributed by atoms with van der Waals surface area (Å²) in [7, 11) is 3.42. The van der Waals surface area contributed by atoms with Crippen LogP contribution in [0.25, 0.3) is 0 Å². The molecular weight excluding hydrogens is 344 g/mol. The van der Waals surface area contributed by atoms with E-state index in [0.717, 1.165) is 31.2 Å². The number of nitrogens with one attached hydrogen (secondary N) is 3. The lowest BCUT2D eigenvalue weighted by Gasteiger charge is -2.25. The van der Waals surface area contributed by atoms with Crippen molar-refractivity contribution in [3.63, 3.8) is 0 Å². The largest absolute Gasteiger partial charge is 0.355 e.